The van der Waals surface area contributed by atoms with E-state index in [0.717, 1.165) is 34.6 Å². The maximum atomic E-state index is 9.30. The van der Waals surface area contributed by atoms with Crippen molar-refractivity contribution in [3.8, 4) is 0 Å². The average Bonchev–Trinajstić information content (AvgIpc) is 2.07. The molecule has 0 aliphatic carbocycles. The van der Waals surface area contributed by atoms with Crippen molar-refractivity contribution in [1.82, 2.24) is 0 Å². The number of likely N-dealkylation sites (N-methyl/N-ethyl adjacent to an activating group) is 2. The Balaban J connectivity index is -0.000000113. The molecule has 0 atom stereocenters. The van der Waals surface area contributed by atoms with E-state index in [0.29, 0.717) is 0 Å². The first kappa shape index (κ1) is 31.4. The molecule has 0 saturated heterocycles. The molecule has 0 rings (SSSR count). The molecule has 10 nitrogen and oxygen atoms in total. The van der Waals surface area contributed by atoms with Gasteiger partial charge in [-0.2, -0.15) is 0 Å². The fourth-order valence-electron chi connectivity index (χ4n) is 0.600. The maximum absolute atomic E-state index is 9.30. The number of sulfonamides is 2. The molecule has 0 amide bonds. The number of nitrogens with zero attached hydrogens (tertiary/aromatic N) is 2. The quantitative estimate of drug-likeness (QED) is 0.602. The minimum absolute atomic E-state index is 0.281. The fraction of sp³-hybridized carbons (Fsp3) is 1.00. The molecule has 0 spiro atoms. The molecule has 0 aromatic rings. The Kier molecular flexibility index (Phi) is 18.2. The summed E-state index contributed by atoms with van der Waals surface area (Å²) in [4.78, 5) is 0. The van der Waals surface area contributed by atoms with Gasteiger partial charge in [0.2, 0.25) is 0 Å². The second kappa shape index (κ2) is 13.9. The van der Waals surface area contributed by atoms with Crippen molar-refractivity contribution in [3.63, 3.8) is 0 Å². The molecular formula is C12H36N4O6S2. The van der Waals surface area contributed by atoms with Crippen LogP contribution in [0.15, 0.2) is 0 Å². The van der Waals surface area contributed by atoms with Crippen molar-refractivity contribution in [2.75, 3.05) is 81.1 Å². The predicted molar refractivity (Wildman–Crippen MR) is 98.3 cm³/mol. The molecule has 0 fully saturated rings. The standard InChI is InChI=1S/2C5H14NO.2CH4NO2S/c2*1-6(2,3)4-5-7;2*1-5(2,3)4/h2*7H,4-5H2,1-3H3;2*1H3,(H-,2,3,4)/q2*+1;2*-1. The van der Waals surface area contributed by atoms with Crippen LogP contribution in [0.3, 0.4) is 0 Å². The molecule has 0 aromatic carbocycles. The minimum atomic E-state index is -3.42. The first-order chi connectivity index (χ1) is 10.1. The summed E-state index contributed by atoms with van der Waals surface area (Å²) in [7, 11) is 5.48. The zero-order valence-corrected chi connectivity index (χ0v) is 17.7. The van der Waals surface area contributed by atoms with Crippen molar-refractivity contribution in [2.45, 2.75) is 0 Å². The second-order valence-corrected chi connectivity index (χ2v) is 10.1. The van der Waals surface area contributed by atoms with E-state index < -0.39 is 20.0 Å². The number of quaternary nitrogens is 2. The van der Waals surface area contributed by atoms with E-state index in [4.69, 9.17) is 20.5 Å². The van der Waals surface area contributed by atoms with Crippen LogP contribution in [-0.4, -0.2) is 117 Å². The smallest absolute Gasteiger partial charge is 0.101 e. The highest BCUT2D eigenvalue weighted by molar-refractivity contribution is 7.92. The van der Waals surface area contributed by atoms with Gasteiger partial charge in [0.25, 0.3) is 0 Å². The Labute approximate surface area is 148 Å². The molecule has 4 N–H and O–H groups in total. The van der Waals surface area contributed by atoms with Gasteiger partial charge in [-0.1, -0.05) is 0 Å². The Morgan fingerprint density at radius 1 is 0.667 bits per heavy atom. The number of nitrogens with one attached hydrogen (secondary N) is 2. The Hall–Kier alpha value is -0.340. The Bertz CT molecular complexity index is 417. The van der Waals surface area contributed by atoms with E-state index in [1.807, 2.05) is 0 Å². The van der Waals surface area contributed by atoms with Crippen molar-refractivity contribution in [2.24, 2.45) is 0 Å². The van der Waals surface area contributed by atoms with E-state index in [1.165, 1.54) is 0 Å². The molecule has 0 heterocycles. The van der Waals surface area contributed by atoms with Crippen molar-refractivity contribution >= 4 is 20.0 Å². The zero-order chi connectivity index (χ0) is 20.8. The van der Waals surface area contributed by atoms with Crippen molar-refractivity contribution < 1.29 is 36.0 Å². The van der Waals surface area contributed by atoms with E-state index >= 15 is 0 Å². The molecular weight excluding hydrogens is 360 g/mol. The van der Waals surface area contributed by atoms with Gasteiger partial charge >= 0.3 is 0 Å². The van der Waals surface area contributed by atoms with E-state index in [2.05, 4.69) is 42.3 Å². The molecule has 0 bridgehead atoms. The van der Waals surface area contributed by atoms with Crippen LogP contribution in [0.4, 0.5) is 0 Å². The molecule has 0 aromatic heterocycles. The topological polar surface area (TPSA) is 156 Å². The average molecular weight is 397 g/mol. The fourth-order valence-corrected chi connectivity index (χ4v) is 0.600. The highest BCUT2D eigenvalue weighted by Crippen LogP contribution is 1.85. The highest BCUT2D eigenvalue weighted by Gasteiger charge is 2.02. The lowest BCUT2D eigenvalue weighted by Gasteiger charge is -2.21. The summed E-state index contributed by atoms with van der Waals surface area (Å²) in [5, 5.41) is 28.6. The van der Waals surface area contributed by atoms with Gasteiger partial charge in [0.1, 0.15) is 13.1 Å². The van der Waals surface area contributed by atoms with Crippen LogP contribution < -0.4 is 0 Å². The first-order valence-electron chi connectivity index (χ1n) is 6.84. The summed E-state index contributed by atoms with van der Waals surface area (Å²) in [6.45, 7) is 2.23. The molecule has 0 saturated carbocycles. The van der Waals surface area contributed by atoms with Gasteiger partial charge in [-0.15, -0.1) is 0 Å². The third kappa shape index (κ3) is 158. The van der Waals surface area contributed by atoms with Crippen LogP contribution in [-0.2, 0) is 20.0 Å². The van der Waals surface area contributed by atoms with Crippen LogP contribution in [0, 0.1) is 0 Å². The molecule has 0 aliphatic rings. The monoisotopic (exact) mass is 396 g/mol. The number of rotatable bonds is 4. The molecule has 152 valence electrons. The van der Waals surface area contributed by atoms with Crippen molar-refractivity contribution in [1.29, 1.82) is 0 Å². The third-order valence-electron chi connectivity index (χ3n) is 1.54. The summed E-state index contributed by atoms with van der Waals surface area (Å²) in [6, 6.07) is 0. The summed E-state index contributed by atoms with van der Waals surface area (Å²) in [5.41, 5.74) is 0. The van der Waals surface area contributed by atoms with E-state index in [-0.39, 0.29) is 13.2 Å². The van der Waals surface area contributed by atoms with Crippen LogP contribution >= 0.6 is 0 Å². The van der Waals surface area contributed by atoms with Gasteiger partial charge < -0.3 is 29.5 Å². The molecule has 0 aliphatic heterocycles. The normalized spacial score (nSPS) is 11.8. The summed E-state index contributed by atoms with van der Waals surface area (Å²) in [6.07, 6.45) is 1.65. The molecule has 0 radical (unpaired) electrons. The van der Waals surface area contributed by atoms with E-state index in [1.54, 1.807) is 0 Å². The van der Waals surface area contributed by atoms with Crippen LogP contribution in [0.2, 0.25) is 0 Å². The number of aliphatic hydroxyl groups excluding tert-OH is 2. The van der Waals surface area contributed by atoms with Crippen LogP contribution in [0.25, 0.3) is 10.3 Å². The highest BCUT2D eigenvalue weighted by atomic mass is 32.2. The Morgan fingerprint density at radius 2 is 0.792 bits per heavy atom. The SMILES string of the molecule is CS([NH-])(=O)=O.CS([NH-])(=O)=O.C[N+](C)(C)CCO.C[N+](C)(C)CCO. The zero-order valence-electron chi connectivity index (χ0n) is 16.1. The molecule has 12 heteroatoms. The van der Waals surface area contributed by atoms with Gasteiger partial charge in [-0.05, 0) is 0 Å². The minimum Gasteiger partial charge on any atom is -0.564 e. The van der Waals surface area contributed by atoms with Gasteiger partial charge in [-0.3, -0.25) is 0 Å². The maximum Gasteiger partial charge on any atom is 0.101 e. The van der Waals surface area contributed by atoms with Gasteiger partial charge in [0, 0.05) is 12.5 Å². The molecule has 24 heavy (non-hydrogen) atoms. The number of hydrogen-bond donors (Lipinski definition) is 2. The third-order valence-corrected chi connectivity index (χ3v) is 1.54. The lowest BCUT2D eigenvalue weighted by Crippen LogP contribution is -2.36. The summed E-state index contributed by atoms with van der Waals surface area (Å²) >= 11 is 0. The lowest BCUT2D eigenvalue weighted by atomic mass is 10.5. The van der Waals surface area contributed by atoms with Gasteiger partial charge in [-0.25, -0.2) is 16.8 Å². The lowest BCUT2D eigenvalue weighted by molar-refractivity contribution is -0.870. The summed E-state index contributed by atoms with van der Waals surface area (Å²) in [5.74, 6) is 0. The predicted octanol–water partition coefficient (Wildman–Crippen LogP) is -0.634. The van der Waals surface area contributed by atoms with Crippen LogP contribution in [0.5, 0.6) is 0 Å². The van der Waals surface area contributed by atoms with Crippen molar-refractivity contribution in [3.05, 3.63) is 10.3 Å². The van der Waals surface area contributed by atoms with Gasteiger partial charge in [0.15, 0.2) is 0 Å². The first-order valence-corrected chi connectivity index (χ1v) is 10.6. The number of hydrogen-bond acceptors (Lipinski definition) is 6. The number of aliphatic hydroxyl groups is 2. The Morgan fingerprint density at radius 3 is 0.792 bits per heavy atom. The summed E-state index contributed by atoms with van der Waals surface area (Å²) < 4.78 is 38.9. The second-order valence-electron chi connectivity index (χ2n) is 7.02. The van der Waals surface area contributed by atoms with Crippen LogP contribution in [0.1, 0.15) is 0 Å². The largest absolute Gasteiger partial charge is 0.564 e. The molecule has 0 unspecified atom stereocenters. The van der Waals surface area contributed by atoms with Gasteiger partial charge in [0.05, 0.1) is 75.5 Å². The van der Waals surface area contributed by atoms with E-state index in [9.17, 15) is 16.8 Å².